The first-order valence-corrected chi connectivity index (χ1v) is 10.5. The van der Waals surface area contributed by atoms with Crippen molar-refractivity contribution in [3.8, 4) is 5.75 Å². The molecule has 1 amide bonds. The molecule has 148 valence electrons. The van der Waals surface area contributed by atoms with Gasteiger partial charge in [0.1, 0.15) is 5.75 Å². The van der Waals surface area contributed by atoms with E-state index in [1.807, 2.05) is 73.3 Å². The van der Waals surface area contributed by atoms with Crippen molar-refractivity contribution in [2.24, 2.45) is 5.10 Å². The number of rotatable bonds is 8. The quantitative estimate of drug-likeness (QED) is 0.410. The van der Waals surface area contributed by atoms with Crippen molar-refractivity contribution in [2.75, 3.05) is 7.11 Å². The number of thioether (sulfide) groups is 1. The SMILES string of the molecule is COc1ccc(/C(C)=N\NC(=O)c2ccc(CSCc3ccccc3)cc2)cc1. The molecule has 3 rings (SSSR count). The second-order valence-electron chi connectivity index (χ2n) is 6.54. The number of carbonyl (C=O) groups is 1. The minimum atomic E-state index is -0.221. The van der Waals surface area contributed by atoms with Crippen LogP contribution in [0.1, 0.15) is 34.0 Å². The third-order valence-corrected chi connectivity index (χ3v) is 5.50. The molecule has 0 bridgehead atoms. The molecule has 3 aromatic rings. The highest BCUT2D eigenvalue weighted by atomic mass is 32.2. The number of benzene rings is 3. The van der Waals surface area contributed by atoms with Crippen molar-refractivity contribution in [1.82, 2.24) is 5.43 Å². The zero-order chi connectivity index (χ0) is 20.5. The standard InChI is InChI=1S/C24H24N2O2S/c1-18(21-12-14-23(28-2)15-13-21)25-26-24(27)22-10-8-20(9-11-22)17-29-16-19-6-4-3-5-7-19/h3-15H,16-17H2,1-2H3,(H,26,27)/b25-18-. The van der Waals surface area contributed by atoms with Crippen LogP contribution < -0.4 is 10.2 Å². The minimum absolute atomic E-state index is 0.221. The van der Waals surface area contributed by atoms with E-state index in [9.17, 15) is 4.79 Å². The van der Waals surface area contributed by atoms with E-state index in [1.54, 1.807) is 7.11 Å². The van der Waals surface area contributed by atoms with Crippen molar-refractivity contribution in [1.29, 1.82) is 0 Å². The highest BCUT2D eigenvalue weighted by molar-refractivity contribution is 7.97. The van der Waals surface area contributed by atoms with E-state index in [2.05, 4.69) is 34.8 Å². The summed E-state index contributed by atoms with van der Waals surface area (Å²) in [6.07, 6.45) is 0. The molecule has 0 heterocycles. The van der Waals surface area contributed by atoms with Gasteiger partial charge in [-0.25, -0.2) is 5.43 Å². The second-order valence-corrected chi connectivity index (χ2v) is 7.53. The van der Waals surface area contributed by atoms with Gasteiger partial charge in [0, 0.05) is 17.1 Å². The van der Waals surface area contributed by atoms with Gasteiger partial charge in [-0.1, -0.05) is 42.5 Å². The average Bonchev–Trinajstić information content (AvgIpc) is 2.78. The van der Waals surface area contributed by atoms with E-state index in [1.165, 1.54) is 11.1 Å². The number of carbonyl (C=O) groups excluding carboxylic acids is 1. The highest BCUT2D eigenvalue weighted by Gasteiger charge is 2.06. The number of ether oxygens (including phenoxy) is 1. The predicted octanol–water partition coefficient (Wildman–Crippen LogP) is 5.28. The Hall–Kier alpha value is -3.05. The number of amides is 1. The number of methoxy groups -OCH3 is 1. The van der Waals surface area contributed by atoms with Crippen molar-refractivity contribution < 1.29 is 9.53 Å². The van der Waals surface area contributed by atoms with Crippen LogP contribution in [0.4, 0.5) is 0 Å². The maximum absolute atomic E-state index is 12.3. The zero-order valence-electron chi connectivity index (χ0n) is 16.6. The molecule has 0 atom stereocenters. The monoisotopic (exact) mass is 404 g/mol. The molecule has 0 aliphatic heterocycles. The third-order valence-electron chi connectivity index (χ3n) is 4.43. The fraction of sp³-hybridized carbons (Fsp3) is 0.167. The van der Waals surface area contributed by atoms with Gasteiger partial charge in [-0.05, 0) is 60.0 Å². The maximum atomic E-state index is 12.3. The summed E-state index contributed by atoms with van der Waals surface area (Å²) in [5.41, 5.74) is 7.39. The van der Waals surface area contributed by atoms with E-state index in [0.717, 1.165) is 28.5 Å². The number of nitrogens with zero attached hydrogens (tertiary/aromatic N) is 1. The molecule has 3 aromatic carbocycles. The Bertz CT molecular complexity index is 952. The van der Waals surface area contributed by atoms with E-state index in [4.69, 9.17) is 4.74 Å². The summed E-state index contributed by atoms with van der Waals surface area (Å²) in [4.78, 5) is 12.3. The molecule has 0 unspecified atom stereocenters. The largest absolute Gasteiger partial charge is 0.497 e. The fourth-order valence-electron chi connectivity index (χ4n) is 2.71. The lowest BCUT2D eigenvalue weighted by molar-refractivity contribution is 0.0955. The summed E-state index contributed by atoms with van der Waals surface area (Å²) >= 11 is 1.86. The van der Waals surface area contributed by atoms with E-state index < -0.39 is 0 Å². The zero-order valence-corrected chi connectivity index (χ0v) is 17.4. The van der Waals surface area contributed by atoms with Crippen LogP contribution >= 0.6 is 11.8 Å². The van der Waals surface area contributed by atoms with Crippen molar-refractivity contribution in [3.63, 3.8) is 0 Å². The molecule has 5 heteroatoms. The lowest BCUT2D eigenvalue weighted by Crippen LogP contribution is -2.19. The summed E-state index contributed by atoms with van der Waals surface area (Å²) in [6, 6.07) is 25.6. The van der Waals surface area contributed by atoms with Gasteiger partial charge in [0.15, 0.2) is 0 Å². The summed E-state index contributed by atoms with van der Waals surface area (Å²) < 4.78 is 5.15. The summed E-state index contributed by atoms with van der Waals surface area (Å²) in [6.45, 7) is 1.86. The van der Waals surface area contributed by atoms with E-state index >= 15 is 0 Å². The molecule has 0 aliphatic rings. The number of hydrogen-bond donors (Lipinski definition) is 1. The molecular formula is C24H24N2O2S. The Morgan fingerprint density at radius 3 is 2.07 bits per heavy atom. The molecule has 0 fully saturated rings. The first-order chi connectivity index (χ1) is 14.2. The van der Waals surface area contributed by atoms with Gasteiger partial charge in [-0.3, -0.25) is 4.79 Å². The van der Waals surface area contributed by atoms with Gasteiger partial charge in [0.25, 0.3) is 5.91 Å². The summed E-state index contributed by atoms with van der Waals surface area (Å²) in [5, 5.41) is 4.20. The van der Waals surface area contributed by atoms with E-state index in [0.29, 0.717) is 5.56 Å². The smallest absolute Gasteiger partial charge is 0.271 e. The van der Waals surface area contributed by atoms with Crippen LogP contribution in [-0.2, 0) is 11.5 Å². The lowest BCUT2D eigenvalue weighted by atomic mass is 10.1. The molecule has 0 saturated heterocycles. The van der Waals surface area contributed by atoms with Crippen molar-refractivity contribution >= 4 is 23.4 Å². The van der Waals surface area contributed by atoms with Crippen LogP contribution in [0.5, 0.6) is 5.75 Å². The van der Waals surface area contributed by atoms with Gasteiger partial charge in [0.05, 0.1) is 12.8 Å². The van der Waals surface area contributed by atoms with Crippen LogP contribution in [0.2, 0.25) is 0 Å². The number of hydrogen-bond acceptors (Lipinski definition) is 4. The normalized spacial score (nSPS) is 11.2. The minimum Gasteiger partial charge on any atom is -0.497 e. The molecule has 0 radical (unpaired) electrons. The van der Waals surface area contributed by atoms with Gasteiger partial charge >= 0.3 is 0 Å². The van der Waals surface area contributed by atoms with Crippen LogP contribution in [0, 0.1) is 0 Å². The Balaban J connectivity index is 1.51. The number of hydrazone groups is 1. The Morgan fingerprint density at radius 2 is 1.45 bits per heavy atom. The predicted molar refractivity (Wildman–Crippen MR) is 121 cm³/mol. The average molecular weight is 405 g/mol. The van der Waals surface area contributed by atoms with Crippen LogP contribution in [0.25, 0.3) is 0 Å². The molecule has 0 spiro atoms. The van der Waals surface area contributed by atoms with Crippen LogP contribution in [-0.4, -0.2) is 18.7 Å². The Kier molecular flexibility index (Phi) is 7.47. The van der Waals surface area contributed by atoms with Gasteiger partial charge in [-0.15, -0.1) is 0 Å². The van der Waals surface area contributed by atoms with Crippen LogP contribution in [0.15, 0.2) is 84.0 Å². The van der Waals surface area contributed by atoms with Crippen molar-refractivity contribution in [2.45, 2.75) is 18.4 Å². The highest BCUT2D eigenvalue weighted by Crippen LogP contribution is 2.18. The fourth-order valence-corrected chi connectivity index (χ4v) is 3.67. The molecule has 4 nitrogen and oxygen atoms in total. The molecule has 0 saturated carbocycles. The first-order valence-electron chi connectivity index (χ1n) is 9.35. The van der Waals surface area contributed by atoms with Gasteiger partial charge < -0.3 is 4.74 Å². The third kappa shape index (κ3) is 6.22. The van der Waals surface area contributed by atoms with Crippen LogP contribution in [0.3, 0.4) is 0 Å². The Labute approximate surface area is 176 Å². The first kappa shape index (κ1) is 20.7. The van der Waals surface area contributed by atoms with Crippen molar-refractivity contribution in [3.05, 3.63) is 101 Å². The van der Waals surface area contributed by atoms with E-state index in [-0.39, 0.29) is 5.91 Å². The summed E-state index contributed by atoms with van der Waals surface area (Å²) in [7, 11) is 1.63. The number of nitrogens with one attached hydrogen (secondary N) is 1. The summed E-state index contributed by atoms with van der Waals surface area (Å²) in [5.74, 6) is 2.45. The Morgan fingerprint density at radius 1 is 0.862 bits per heavy atom. The molecule has 0 aromatic heterocycles. The lowest BCUT2D eigenvalue weighted by Gasteiger charge is -2.06. The molecular weight excluding hydrogens is 380 g/mol. The molecule has 1 N–H and O–H groups in total. The van der Waals surface area contributed by atoms with Gasteiger partial charge in [-0.2, -0.15) is 16.9 Å². The molecule has 29 heavy (non-hydrogen) atoms. The topological polar surface area (TPSA) is 50.7 Å². The maximum Gasteiger partial charge on any atom is 0.271 e. The second kappa shape index (κ2) is 10.5. The molecule has 0 aliphatic carbocycles. The van der Waals surface area contributed by atoms with Gasteiger partial charge in [0.2, 0.25) is 0 Å².